The summed E-state index contributed by atoms with van der Waals surface area (Å²) in [5, 5.41) is 0. The van der Waals surface area contributed by atoms with Crippen LogP contribution in [0.4, 0.5) is 4.39 Å². The Labute approximate surface area is 148 Å². The molecular formula is C17H25FN2O4S. The zero-order chi connectivity index (χ0) is 18.6. The van der Waals surface area contributed by atoms with Crippen molar-refractivity contribution in [1.82, 2.24) is 9.21 Å². The fourth-order valence-corrected chi connectivity index (χ4v) is 4.22. The number of rotatable bonds is 6. The van der Waals surface area contributed by atoms with E-state index in [1.807, 2.05) is 6.92 Å². The third kappa shape index (κ3) is 4.92. The first-order valence-corrected chi connectivity index (χ1v) is 10.1. The van der Waals surface area contributed by atoms with Crippen LogP contribution in [-0.4, -0.2) is 61.6 Å². The van der Waals surface area contributed by atoms with Crippen molar-refractivity contribution in [3.05, 3.63) is 29.6 Å². The minimum absolute atomic E-state index is 0.113. The van der Waals surface area contributed by atoms with Gasteiger partial charge in [0, 0.05) is 31.7 Å². The van der Waals surface area contributed by atoms with Gasteiger partial charge in [0.15, 0.2) is 11.6 Å². The molecular weight excluding hydrogens is 347 g/mol. The number of nitrogens with zero attached hydrogens (tertiary/aromatic N) is 2. The predicted octanol–water partition coefficient (Wildman–Crippen LogP) is 2.11. The number of carbonyl (C=O) groups is 1. The molecule has 0 aliphatic carbocycles. The molecule has 1 aliphatic rings. The normalized spacial score (nSPS) is 16.3. The van der Waals surface area contributed by atoms with Crippen LogP contribution in [0.5, 0.6) is 5.75 Å². The molecule has 0 saturated carbocycles. The zero-order valence-electron chi connectivity index (χ0n) is 14.9. The number of carbonyl (C=O) groups excluding carboxylic acids is 1. The van der Waals surface area contributed by atoms with Crippen LogP contribution < -0.4 is 4.74 Å². The Morgan fingerprint density at radius 2 is 1.88 bits per heavy atom. The zero-order valence-corrected chi connectivity index (χ0v) is 15.7. The van der Waals surface area contributed by atoms with E-state index < -0.39 is 15.8 Å². The Balaban J connectivity index is 2.02. The summed E-state index contributed by atoms with van der Waals surface area (Å²) in [4.78, 5) is 14.1. The molecule has 0 bridgehead atoms. The van der Waals surface area contributed by atoms with Gasteiger partial charge in [0.1, 0.15) is 0 Å². The molecule has 0 aromatic heterocycles. The number of benzene rings is 1. The van der Waals surface area contributed by atoms with Crippen molar-refractivity contribution >= 4 is 15.9 Å². The molecule has 1 amide bonds. The van der Waals surface area contributed by atoms with Crippen LogP contribution in [-0.2, 0) is 10.0 Å². The van der Waals surface area contributed by atoms with Gasteiger partial charge in [0.05, 0.1) is 11.9 Å². The van der Waals surface area contributed by atoms with E-state index in [-0.39, 0.29) is 42.2 Å². The first-order valence-electron chi connectivity index (χ1n) is 8.48. The van der Waals surface area contributed by atoms with Crippen molar-refractivity contribution in [2.75, 3.05) is 31.9 Å². The number of amides is 1. The maximum atomic E-state index is 14.1. The number of ether oxygens (including phenoxy) is 1. The van der Waals surface area contributed by atoms with Crippen LogP contribution in [0.3, 0.4) is 0 Å². The van der Waals surface area contributed by atoms with Gasteiger partial charge in [-0.05, 0) is 38.5 Å². The summed E-state index contributed by atoms with van der Waals surface area (Å²) >= 11 is 0. The Bertz CT molecular complexity index is 713. The Morgan fingerprint density at radius 1 is 1.24 bits per heavy atom. The van der Waals surface area contributed by atoms with Gasteiger partial charge in [-0.15, -0.1) is 0 Å². The second-order valence-corrected chi connectivity index (χ2v) is 8.41. The summed E-state index contributed by atoms with van der Waals surface area (Å²) in [6, 6.07) is 4.15. The van der Waals surface area contributed by atoms with Gasteiger partial charge < -0.3 is 9.64 Å². The molecule has 0 radical (unpaired) electrons. The molecule has 140 valence electrons. The van der Waals surface area contributed by atoms with Crippen molar-refractivity contribution in [3.63, 3.8) is 0 Å². The van der Waals surface area contributed by atoms with Crippen molar-refractivity contribution < 1.29 is 22.3 Å². The second kappa shape index (κ2) is 8.14. The van der Waals surface area contributed by atoms with E-state index in [4.69, 9.17) is 4.74 Å². The van der Waals surface area contributed by atoms with Gasteiger partial charge in [0.25, 0.3) is 5.91 Å². The lowest BCUT2D eigenvalue weighted by Gasteiger charge is -2.34. The highest BCUT2D eigenvalue weighted by molar-refractivity contribution is 7.89. The highest BCUT2D eigenvalue weighted by Crippen LogP contribution is 2.21. The number of hydrogen-bond acceptors (Lipinski definition) is 4. The Hall–Kier alpha value is -1.67. The molecule has 0 spiro atoms. The summed E-state index contributed by atoms with van der Waals surface area (Å²) < 4.78 is 44.9. The summed E-state index contributed by atoms with van der Waals surface area (Å²) in [5.74, 6) is -0.656. The number of hydrogen-bond donors (Lipinski definition) is 0. The molecule has 0 atom stereocenters. The lowest BCUT2D eigenvalue weighted by Crippen LogP contribution is -2.51. The highest BCUT2D eigenvalue weighted by Gasteiger charge is 2.28. The molecule has 1 saturated heterocycles. The third-order valence-corrected chi connectivity index (χ3v) is 6.00. The van der Waals surface area contributed by atoms with Crippen LogP contribution in [0.15, 0.2) is 18.2 Å². The van der Waals surface area contributed by atoms with E-state index in [1.54, 1.807) is 18.7 Å². The number of halogens is 1. The lowest BCUT2D eigenvalue weighted by atomic mass is 10.1. The predicted molar refractivity (Wildman–Crippen MR) is 93.7 cm³/mol. The Morgan fingerprint density at radius 3 is 2.40 bits per heavy atom. The minimum Gasteiger partial charge on any atom is -0.488 e. The van der Waals surface area contributed by atoms with Crippen molar-refractivity contribution in [2.24, 2.45) is 0 Å². The van der Waals surface area contributed by atoms with Crippen LogP contribution in [0.1, 0.15) is 37.6 Å². The van der Waals surface area contributed by atoms with Gasteiger partial charge in [-0.25, -0.2) is 12.8 Å². The van der Waals surface area contributed by atoms with Gasteiger partial charge >= 0.3 is 0 Å². The first kappa shape index (κ1) is 19.7. The molecule has 8 heteroatoms. The van der Waals surface area contributed by atoms with Crippen LogP contribution in [0.25, 0.3) is 0 Å². The van der Waals surface area contributed by atoms with E-state index in [0.29, 0.717) is 19.5 Å². The average Bonchev–Trinajstić information content (AvgIpc) is 2.56. The molecule has 6 nitrogen and oxygen atoms in total. The third-order valence-electron chi connectivity index (χ3n) is 3.92. The SMILES string of the molecule is CCCS(=O)(=O)N1CCN(C(=O)c2ccc(OC(C)C)c(F)c2)CC1. The van der Waals surface area contributed by atoms with Gasteiger partial charge in [-0.2, -0.15) is 4.31 Å². The first-order chi connectivity index (χ1) is 11.7. The van der Waals surface area contributed by atoms with Crippen LogP contribution in [0.2, 0.25) is 0 Å². The molecule has 1 fully saturated rings. The Kier molecular flexibility index (Phi) is 6.40. The summed E-state index contributed by atoms with van der Waals surface area (Å²) in [5.41, 5.74) is 0.235. The maximum absolute atomic E-state index is 14.1. The summed E-state index contributed by atoms with van der Waals surface area (Å²) in [7, 11) is -3.25. The molecule has 0 N–H and O–H groups in total. The van der Waals surface area contributed by atoms with E-state index >= 15 is 0 Å². The van der Waals surface area contributed by atoms with E-state index in [2.05, 4.69) is 0 Å². The molecule has 1 heterocycles. The molecule has 1 aliphatic heterocycles. The fourth-order valence-electron chi connectivity index (χ4n) is 2.72. The van der Waals surface area contributed by atoms with Gasteiger partial charge in [-0.1, -0.05) is 6.92 Å². The average molecular weight is 372 g/mol. The molecule has 25 heavy (non-hydrogen) atoms. The smallest absolute Gasteiger partial charge is 0.254 e. The second-order valence-electron chi connectivity index (χ2n) is 6.32. The van der Waals surface area contributed by atoms with Crippen molar-refractivity contribution in [2.45, 2.75) is 33.3 Å². The minimum atomic E-state index is -3.25. The molecule has 2 rings (SSSR count). The topological polar surface area (TPSA) is 66.9 Å². The number of sulfonamides is 1. The maximum Gasteiger partial charge on any atom is 0.254 e. The van der Waals surface area contributed by atoms with Gasteiger partial charge in [-0.3, -0.25) is 4.79 Å². The largest absolute Gasteiger partial charge is 0.488 e. The van der Waals surface area contributed by atoms with E-state index in [9.17, 15) is 17.6 Å². The monoisotopic (exact) mass is 372 g/mol. The van der Waals surface area contributed by atoms with Crippen molar-refractivity contribution in [1.29, 1.82) is 0 Å². The highest BCUT2D eigenvalue weighted by atomic mass is 32.2. The standard InChI is InChI=1S/C17H25FN2O4S/c1-4-11-25(22,23)20-9-7-19(8-10-20)17(21)14-5-6-16(15(18)12-14)24-13(2)3/h5-6,12-13H,4,7-11H2,1-3H3. The molecule has 1 aromatic rings. The number of piperazine rings is 1. The molecule has 0 unspecified atom stereocenters. The van der Waals surface area contributed by atoms with E-state index in [0.717, 1.165) is 0 Å². The van der Waals surface area contributed by atoms with Crippen LogP contribution >= 0.6 is 0 Å². The van der Waals surface area contributed by atoms with E-state index in [1.165, 1.54) is 22.5 Å². The van der Waals surface area contributed by atoms with Gasteiger partial charge in [0.2, 0.25) is 10.0 Å². The van der Waals surface area contributed by atoms with Crippen LogP contribution in [0, 0.1) is 5.82 Å². The van der Waals surface area contributed by atoms with Crippen molar-refractivity contribution in [3.8, 4) is 5.75 Å². The fraction of sp³-hybridized carbons (Fsp3) is 0.588. The quantitative estimate of drug-likeness (QED) is 0.767. The summed E-state index contributed by atoms with van der Waals surface area (Å²) in [6.45, 7) is 6.55. The lowest BCUT2D eigenvalue weighted by molar-refractivity contribution is 0.0697. The summed E-state index contributed by atoms with van der Waals surface area (Å²) in [6.07, 6.45) is 0.403. The molecule has 1 aromatic carbocycles.